The van der Waals surface area contributed by atoms with E-state index in [1.54, 1.807) is 24.3 Å². The molecule has 0 fully saturated rings. The van der Waals surface area contributed by atoms with E-state index in [4.69, 9.17) is 19.5 Å². The van der Waals surface area contributed by atoms with Crippen molar-refractivity contribution < 1.29 is 19.0 Å². The van der Waals surface area contributed by atoms with Crippen molar-refractivity contribution in [2.45, 2.75) is 13.3 Å². The molecule has 0 saturated heterocycles. The lowest BCUT2D eigenvalue weighted by Gasteiger charge is -2.11. The number of carbonyl (C=O) groups excluding carboxylic acids is 1. The molecule has 0 bridgehead atoms. The van der Waals surface area contributed by atoms with Gasteiger partial charge in [0.1, 0.15) is 5.75 Å². The fourth-order valence-electron chi connectivity index (χ4n) is 2.18. The SMILES string of the molecule is CCc1ccc(OCC(=O)Oc2ccc(/C=C\C#N)cc2OC)c(Br)c1. The van der Waals surface area contributed by atoms with Gasteiger partial charge in [0.05, 0.1) is 17.7 Å². The molecule has 0 heterocycles. The van der Waals surface area contributed by atoms with Gasteiger partial charge in [0.25, 0.3) is 0 Å². The van der Waals surface area contributed by atoms with Crippen LogP contribution in [0.3, 0.4) is 0 Å². The molecule has 0 aliphatic heterocycles. The Bertz CT molecular complexity index is 855. The number of methoxy groups -OCH3 is 1. The Kier molecular flexibility index (Phi) is 7.24. The number of esters is 1. The Morgan fingerprint density at radius 1 is 1.19 bits per heavy atom. The molecule has 0 amide bonds. The number of nitriles is 1. The fourth-order valence-corrected chi connectivity index (χ4v) is 2.72. The highest BCUT2D eigenvalue weighted by Gasteiger charge is 2.12. The van der Waals surface area contributed by atoms with Gasteiger partial charge in [-0.1, -0.05) is 19.1 Å². The summed E-state index contributed by atoms with van der Waals surface area (Å²) in [5.41, 5.74) is 1.93. The van der Waals surface area contributed by atoms with Gasteiger partial charge < -0.3 is 14.2 Å². The lowest BCUT2D eigenvalue weighted by molar-refractivity contribution is -0.136. The van der Waals surface area contributed by atoms with Crippen molar-refractivity contribution in [1.29, 1.82) is 5.26 Å². The van der Waals surface area contributed by atoms with E-state index in [-0.39, 0.29) is 12.4 Å². The second kappa shape index (κ2) is 9.64. The lowest BCUT2D eigenvalue weighted by atomic mass is 10.2. The zero-order valence-corrected chi connectivity index (χ0v) is 16.1. The zero-order chi connectivity index (χ0) is 18.9. The number of ether oxygens (including phenoxy) is 3. The number of rotatable bonds is 7. The van der Waals surface area contributed by atoms with Gasteiger partial charge in [-0.3, -0.25) is 0 Å². The lowest BCUT2D eigenvalue weighted by Crippen LogP contribution is -2.18. The highest BCUT2D eigenvalue weighted by atomic mass is 79.9. The summed E-state index contributed by atoms with van der Waals surface area (Å²) in [4.78, 5) is 12.1. The first-order valence-electron chi connectivity index (χ1n) is 7.93. The highest BCUT2D eigenvalue weighted by molar-refractivity contribution is 9.10. The summed E-state index contributed by atoms with van der Waals surface area (Å²) in [6, 6.07) is 12.6. The molecule has 2 aromatic rings. The largest absolute Gasteiger partial charge is 0.493 e. The minimum Gasteiger partial charge on any atom is -0.493 e. The molecule has 134 valence electrons. The van der Waals surface area contributed by atoms with E-state index in [0.717, 1.165) is 16.5 Å². The number of hydrogen-bond acceptors (Lipinski definition) is 5. The summed E-state index contributed by atoms with van der Waals surface area (Å²) in [7, 11) is 1.48. The molecule has 5 nitrogen and oxygen atoms in total. The molecule has 0 unspecified atom stereocenters. The van der Waals surface area contributed by atoms with Gasteiger partial charge in [-0.15, -0.1) is 0 Å². The molecule has 26 heavy (non-hydrogen) atoms. The summed E-state index contributed by atoms with van der Waals surface area (Å²) in [5.74, 6) is 0.709. The summed E-state index contributed by atoms with van der Waals surface area (Å²) in [5, 5.41) is 8.57. The third kappa shape index (κ3) is 5.36. The molecule has 0 aromatic heterocycles. The number of benzene rings is 2. The number of nitrogens with zero attached hydrogens (tertiary/aromatic N) is 1. The Balaban J connectivity index is 2.01. The first-order valence-corrected chi connectivity index (χ1v) is 8.72. The maximum Gasteiger partial charge on any atom is 0.349 e. The van der Waals surface area contributed by atoms with Crippen molar-refractivity contribution >= 4 is 28.0 Å². The summed E-state index contributed by atoms with van der Waals surface area (Å²) >= 11 is 3.43. The van der Waals surface area contributed by atoms with E-state index >= 15 is 0 Å². The standard InChI is InChI=1S/C20H18BrNO4/c1-3-14-6-8-17(16(21)11-14)25-13-20(23)26-18-9-7-15(5-4-10-22)12-19(18)24-2/h4-9,11-12H,3,13H2,1-2H3/b5-4-. The van der Waals surface area contributed by atoms with Gasteiger partial charge in [0, 0.05) is 6.08 Å². The van der Waals surface area contributed by atoms with Gasteiger partial charge in [0.2, 0.25) is 0 Å². The molecule has 0 aliphatic carbocycles. The second-order valence-corrected chi connectivity index (χ2v) is 6.11. The van der Waals surface area contributed by atoms with E-state index in [1.807, 2.05) is 24.3 Å². The van der Waals surface area contributed by atoms with Crippen molar-refractivity contribution in [3.63, 3.8) is 0 Å². The molecular formula is C20H18BrNO4. The predicted molar refractivity (Wildman–Crippen MR) is 102 cm³/mol. The average Bonchev–Trinajstić information content (AvgIpc) is 2.66. The van der Waals surface area contributed by atoms with E-state index in [2.05, 4.69) is 22.9 Å². The molecule has 0 atom stereocenters. The Morgan fingerprint density at radius 3 is 2.62 bits per heavy atom. The first-order chi connectivity index (χ1) is 12.6. The molecule has 2 aromatic carbocycles. The minimum atomic E-state index is -0.546. The topological polar surface area (TPSA) is 68.5 Å². The van der Waals surface area contributed by atoms with Crippen LogP contribution in [0.15, 0.2) is 46.9 Å². The quantitative estimate of drug-likeness (QED) is 0.377. The fraction of sp³-hybridized carbons (Fsp3) is 0.200. The van der Waals surface area contributed by atoms with Crippen molar-refractivity contribution in [2.24, 2.45) is 0 Å². The summed E-state index contributed by atoms with van der Waals surface area (Å²) < 4.78 is 16.8. The van der Waals surface area contributed by atoms with E-state index < -0.39 is 5.97 Å². The van der Waals surface area contributed by atoms with Crippen molar-refractivity contribution in [3.8, 4) is 23.3 Å². The summed E-state index contributed by atoms with van der Waals surface area (Å²) in [6.07, 6.45) is 3.91. The third-order valence-electron chi connectivity index (χ3n) is 3.51. The van der Waals surface area contributed by atoms with Crippen LogP contribution in [-0.4, -0.2) is 19.7 Å². The second-order valence-electron chi connectivity index (χ2n) is 5.25. The Labute approximate surface area is 160 Å². The van der Waals surface area contributed by atoms with Crippen molar-refractivity contribution in [1.82, 2.24) is 0 Å². The monoisotopic (exact) mass is 415 g/mol. The molecule has 2 rings (SSSR count). The Hall–Kier alpha value is -2.78. The molecular weight excluding hydrogens is 398 g/mol. The smallest absolute Gasteiger partial charge is 0.349 e. The first kappa shape index (κ1) is 19.5. The van der Waals surface area contributed by atoms with Crippen LogP contribution in [0.5, 0.6) is 17.2 Å². The number of halogens is 1. The predicted octanol–water partition coefficient (Wildman–Crippen LogP) is 4.54. The van der Waals surface area contributed by atoms with Gasteiger partial charge in [-0.05, 0) is 63.8 Å². The molecule has 0 N–H and O–H groups in total. The van der Waals surface area contributed by atoms with E-state index in [1.165, 1.54) is 18.7 Å². The van der Waals surface area contributed by atoms with Crippen molar-refractivity contribution in [2.75, 3.05) is 13.7 Å². The van der Waals surface area contributed by atoms with Crippen molar-refractivity contribution in [3.05, 3.63) is 58.1 Å². The molecule has 0 spiro atoms. The number of carbonyl (C=O) groups is 1. The normalized spacial score (nSPS) is 10.4. The van der Waals surface area contributed by atoms with E-state index in [9.17, 15) is 4.79 Å². The van der Waals surface area contributed by atoms with Gasteiger partial charge in [0.15, 0.2) is 18.1 Å². The van der Waals surface area contributed by atoms with Crippen LogP contribution >= 0.6 is 15.9 Å². The van der Waals surface area contributed by atoms with Crippen LogP contribution in [0.2, 0.25) is 0 Å². The summed E-state index contributed by atoms with van der Waals surface area (Å²) in [6.45, 7) is 1.83. The van der Waals surface area contributed by atoms with Crippen LogP contribution in [-0.2, 0) is 11.2 Å². The minimum absolute atomic E-state index is 0.233. The van der Waals surface area contributed by atoms with Crippen LogP contribution < -0.4 is 14.2 Å². The van der Waals surface area contributed by atoms with Gasteiger partial charge in [-0.25, -0.2) is 4.79 Å². The number of hydrogen-bond donors (Lipinski definition) is 0. The molecule has 0 saturated carbocycles. The average molecular weight is 416 g/mol. The maximum atomic E-state index is 12.1. The molecule has 6 heteroatoms. The number of allylic oxidation sites excluding steroid dienone is 1. The zero-order valence-electron chi connectivity index (χ0n) is 14.5. The van der Waals surface area contributed by atoms with Crippen LogP contribution in [0.1, 0.15) is 18.1 Å². The molecule has 0 aliphatic rings. The Morgan fingerprint density at radius 2 is 1.96 bits per heavy atom. The van der Waals surface area contributed by atoms with Gasteiger partial charge in [-0.2, -0.15) is 5.26 Å². The van der Waals surface area contributed by atoms with E-state index in [0.29, 0.717) is 11.5 Å². The maximum absolute atomic E-state index is 12.1. The van der Waals surface area contributed by atoms with Gasteiger partial charge >= 0.3 is 5.97 Å². The third-order valence-corrected chi connectivity index (χ3v) is 4.13. The van der Waals surface area contributed by atoms with Crippen LogP contribution in [0.25, 0.3) is 6.08 Å². The highest BCUT2D eigenvalue weighted by Crippen LogP contribution is 2.29. The van der Waals surface area contributed by atoms with Crippen LogP contribution in [0, 0.1) is 11.3 Å². The number of aryl methyl sites for hydroxylation is 1. The van der Waals surface area contributed by atoms with Crippen LogP contribution in [0.4, 0.5) is 0 Å². The molecule has 0 radical (unpaired) electrons.